The molecule has 3 rings (SSSR count). The largest absolute Gasteiger partial charge is 0.298 e. The van der Waals surface area contributed by atoms with E-state index in [0.717, 1.165) is 12.6 Å². The second-order valence-electron chi connectivity index (χ2n) is 6.44. The monoisotopic (exact) mass is 284 g/mol. The van der Waals surface area contributed by atoms with Gasteiger partial charge in [0, 0.05) is 38.8 Å². The van der Waals surface area contributed by atoms with Crippen LogP contribution in [0.15, 0.2) is 36.4 Å². The first-order valence-corrected chi connectivity index (χ1v) is 8.60. The van der Waals surface area contributed by atoms with Gasteiger partial charge in [-0.15, -0.1) is 0 Å². The minimum absolute atomic E-state index is 0.890. The normalized spacial score (nSPS) is 22.9. The lowest BCUT2D eigenvalue weighted by atomic mass is 9.94. The molecular weight excluding hydrogens is 256 g/mol. The molecule has 2 aliphatic rings. The third-order valence-corrected chi connectivity index (χ3v) is 4.97. The van der Waals surface area contributed by atoms with Gasteiger partial charge in [0.2, 0.25) is 0 Å². The van der Waals surface area contributed by atoms with Crippen LogP contribution in [0.4, 0.5) is 0 Å². The van der Waals surface area contributed by atoms with Crippen LogP contribution in [0.2, 0.25) is 0 Å². The summed E-state index contributed by atoms with van der Waals surface area (Å²) in [6.07, 6.45) is 11.8. The first kappa shape index (κ1) is 14.8. The smallest absolute Gasteiger partial charge is 0.0167 e. The summed E-state index contributed by atoms with van der Waals surface area (Å²) in [6.45, 7) is 6.09. The predicted molar refractivity (Wildman–Crippen MR) is 90.4 cm³/mol. The van der Waals surface area contributed by atoms with E-state index >= 15 is 0 Å². The van der Waals surface area contributed by atoms with Gasteiger partial charge in [0.15, 0.2) is 0 Å². The number of benzene rings is 1. The van der Waals surface area contributed by atoms with Crippen LogP contribution in [0.3, 0.4) is 0 Å². The van der Waals surface area contributed by atoms with E-state index in [1.54, 1.807) is 0 Å². The van der Waals surface area contributed by atoms with Gasteiger partial charge in [-0.25, -0.2) is 0 Å². The number of nitrogens with zero attached hydrogens (tertiary/aromatic N) is 2. The maximum atomic E-state index is 2.75. The molecule has 0 amide bonds. The van der Waals surface area contributed by atoms with Gasteiger partial charge < -0.3 is 0 Å². The molecule has 1 aliphatic carbocycles. The highest BCUT2D eigenvalue weighted by atomic mass is 15.3. The lowest BCUT2D eigenvalue weighted by Crippen LogP contribution is -2.50. The van der Waals surface area contributed by atoms with Crippen molar-refractivity contribution in [3.05, 3.63) is 42.0 Å². The SMILES string of the molecule is C(=Cc1ccccc1)CN1CCN(C2CCCCC2)CC1. The van der Waals surface area contributed by atoms with E-state index < -0.39 is 0 Å². The zero-order valence-electron chi connectivity index (χ0n) is 13.1. The molecule has 1 aliphatic heterocycles. The number of hydrogen-bond acceptors (Lipinski definition) is 2. The van der Waals surface area contributed by atoms with Gasteiger partial charge >= 0.3 is 0 Å². The zero-order chi connectivity index (χ0) is 14.3. The molecule has 0 N–H and O–H groups in total. The molecule has 0 aromatic heterocycles. The lowest BCUT2D eigenvalue weighted by Gasteiger charge is -2.40. The van der Waals surface area contributed by atoms with E-state index in [1.165, 1.54) is 63.8 Å². The van der Waals surface area contributed by atoms with Crippen molar-refractivity contribution in [2.45, 2.75) is 38.1 Å². The third-order valence-electron chi connectivity index (χ3n) is 4.97. The van der Waals surface area contributed by atoms with Crippen LogP contribution in [-0.4, -0.2) is 48.6 Å². The van der Waals surface area contributed by atoms with Gasteiger partial charge in [0.05, 0.1) is 0 Å². The van der Waals surface area contributed by atoms with Crippen LogP contribution < -0.4 is 0 Å². The Morgan fingerprint density at radius 1 is 0.905 bits per heavy atom. The molecule has 1 aromatic rings. The summed E-state index contributed by atoms with van der Waals surface area (Å²) in [4.78, 5) is 5.33. The average Bonchev–Trinajstić information content (AvgIpc) is 2.57. The Hall–Kier alpha value is -1.12. The van der Waals surface area contributed by atoms with E-state index in [9.17, 15) is 0 Å². The topological polar surface area (TPSA) is 6.48 Å². The summed E-state index contributed by atoms with van der Waals surface area (Å²) in [5.74, 6) is 0. The molecule has 2 fully saturated rings. The van der Waals surface area contributed by atoms with Crippen LogP contribution in [0, 0.1) is 0 Å². The Balaban J connectivity index is 1.40. The summed E-state index contributed by atoms with van der Waals surface area (Å²) >= 11 is 0. The van der Waals surface area contributed by atoms with Crippen molar-refractivity contribution >= 4 is 6.08 Å². The van der Waals surface area contributed by atoms with Crippen LogP contribution >= 0.6 is 0 Å². The van der Waals surface area contributed by atoms with Crippen LogP contribution in [0.25, 0.3) is 6.08 Å². The second-order valence-corrected chi connectivity index (χ2v) is 6.44. The molecule has 21 heavy (non-hydrogen) atoms. The van der Waals surface area contributed by atoms with Gasteiger partial charge in [-0.3, -0.25) is 9.80 Å². The van der Waals surface area contributed by atoms with Gasteiger partial charge in [-0.1, -0.05) is 61.7 Å². The van der Waals surface area contributed by atoms with Crippen molar-refractivity contribution in [1.82, 2.24) is 9.80 Å². The molecule has 0 unspecified atom stereocenters. The molecule has 0 atom stereocenters. The van der Waals surface area contributed by atoms with Crippen molar-refractivity contribution in [3.63, 3.8) is 0 Å². The standard InChI is InChI=1S/C19H28N2/c1-3-8-18(9-4-1)10-7-13-20-14-16-21(17-15-20)19-11-5-2-6-12-19/h1,3-4,7-10,19H,2,5-6,11-17H2. The maximum absolute atomic E-state index is 2.75. The molecular formula is C19H28N2. The lowest BCUT2D eigenvalue weighted by molar-refractivity contribution is 0.0847. The first-order chi connectivity index (χ1) is 10.4. The summed E-state index contributed by atoms with van der Waals surface area (Å²) in [5, 5.41) is 0. The van der Waals surface area contributed by atoms with Crippen LogP contribution in [-0.2, 0) is 0 Å². The first-order valence-electron chi connectivity index (χ1n) is 8.60. The van der Waals surface area contributed by atoms with Gasteiger partial charge in [-0.05, 0) is 18.4 Å². The fourth-order valence-corrected chi connectivity index (χ4v) is 3.66. The molecule has 114 valence electrons. The average molecular weight is 284 g/mol. The van der Waals surface area contributed by atoms with E-state index in [2.05, 4.69) is 52.3 Å². The fourth-order valence-electron chi connectivity index (χ4n) is 3.66. The van der Waals surface area contributed by atoms with E-state index in [4.69, 9.17) is 0 Å². The van der Waals surface area contributed by atoms with Crippen molar-refractivity contribution in [3.8, 4) is 0 Å². The molecule has 0 spiro atoms. The highest BCUT2D eigenvalue weighted by molar-refractivity contribution is 5.48. The van der Waals surface area contributed by atoms with E-state index in [-0.39, 0.29) is 0 Å². The molecule has 2 heteroatoms. The van der Waals surface area contributed by atoms with Crippen molar-refractivity contribution < 1.29 is 0 Å². The highest BCUT2D eigenvalue weighted by Gasteiger charge is 2.24. The highest BCUT2D eigenvalue weighted by Crippen LogP contribution is 2.23. The molecule has 1 saturated carbocycles. The van der Waals surface area contributed by atoms with E-state index in [0.29, 0.717) is 0 Å². The molecule has 0 bridgehead atoms. The minimum Gasteiger partial charge on any atom is -0.298 e. The molecule has 1 heterocycles. The Morgan fingerprint density at radius 2 is 1.62 bits per heavy atom. The van der Waals surface area contributed by atoms with Gasteiger partial charge in [0.1, 0.15) is 0 Å². The second kappa shape index (κ2) is 7.77. The molecule has 1 saturated heterocycles. The van der Waals surface area contributed by atoms with Gasteiger partial charge in [-0.2, -0.15) is 0 Å². The summed E-state index contributed by atoms with van der Waals surface area (Å²) in [6, 6.07) is 11.5. The van der Waals surface area contributed by atoms with Crippen molar-refractivity contribution in [1.29, 1.82) is 0 Å². The Bertz CT molecular complexity index is 426. The third kappa shape index (κ3) is 4.42. The fraction of sp³-hybridized carbons (Fsp3) is 0.579. The van der Waals surface area contributed by atoms with Gasteiger partial charge in [0.25, 0.3) is 0 Å². The minimum atomic E-state index is 0.890. The quantitative estimate of drug-likeness (QED) is 0.832. The summed E-state index contributed by atoms with van der Waals surface area (Å²) in [7, 11) is 0. The van der Waals surface area contributed by atoms with Crippen LogP contribution in [0.5, 0.6) is 0 Å². The Kier molecular flexibility index (Phi) is 5.47. The van der Waals surface area contributed by atoms with E-state index in [1.807, 2.05) is 0 Å². The maximum Gasteiger partial charge on any atom is 0.0167 e. The van der Waals surface area contributed by atoms with Crippen molar-refractivity contribution in [2.75, 3.05) is 32.7 Å². The van der Waals surface area contributed by atoms with Crippen molar-refractivity contribution in [2.24, 2.45) is 0 Å². The predicted octanol–water partition coefficient (Wildman–Crippen LogP) is 3.65. The van der Waals surface area contributed by atoms with Crippen LogP contribution in [0.1, 0.15) is 37.7 Å². The summed E-state index contributed by atoms with van der Waals surface area (Å²) in [5.41, 5.74) is 1.30. The Labute approximate surface area is 129 Å². The molecule has 2 nitrogen and oxygen atoms in total. The zero-order valence-corrected chi connectivity index (χ0v) is 13.1. The molecule has 0 radical (unpaired) electrons. The number of rotatable bonds is 4. The number of piperazine rings is 1. The molecule has 1 aromatic carbocycles. The number of hydrogen-bond donors (Lipinski definition) is 0. The summed E-state index contributed by atoms with van der Waals surface area (Å²) < 4.78 is 0. The Morgan fingerprint density at radius 3 is 2.33 bits per heavy atom.